The smallest absolute Gasteiger partial charge is 0.312 e. The molecule has 0 unspecified atom stereocenters. The van der Waals surface area contributed by atoms with E-state index < -0.39 is 16.3 Å². The van der Waals surface area contributed by atoms with Crippen molar-refractivity contribution >= 4 is 5.69 Å². The molecule has 2 aliphatic carbocycles. The highest BCUT2D eigenvalue weighted by Gasteiger charge is 2.53. The normalized spacial score (nSPS) is 20.4. The van der Waals surface area contributed by atoms with E-state index in [1.54, 1.807) is 24.6 Å². The molecule has 1 aromatic carbocycles. The third-order valence-corrected chi connectivity index (χ3v) is 7.31. The standard InChI is InChI=1S/C26H25N7O3/c1-15-24(33(34)35)16(2)32(31-15)12-18-10-17(8-9-22(18)36-3)23-20-7-5-4-6-19(20)21(11-27)25(30)26(23,13-28)14-29/h6,8-10,20,23H,4-5,7,12,30H2,1-3H3/t20-,23+/m0/s1. The molecule has 0 amide bonds. The Morgan fingerprint density at radius 2 is 2.03 bits per heavy atom. The van der Waals surface area contributed by atoms with Crippen LogP contribution < -0.4 is 10.5 Å². The van der Waals surface area contributed by atoms with Crippen LogP contribution in [0.1, 0.15) is 47.7 Å². The Kier molecular flexibility index (Phi) is 6.26. The lowest BCUT2D eigenvalue weighted by Crippen LogP contribution is -2.42. The molecule has 0 spiro atoms. The van der Waals surface area contributed by atoms with Crippen LogP contribution in [-0.4, -0.2) is 21.8 Å². The molecule has 10 nitrogen and oxygen atoms in total. The van der Waals surface area contributed by atoms with Gasteiger partial charge in [-0.2, -0.15) is 20.9 Å². The van der Waals surface area contributed by atoms with E-state index >= 15 is 0 Å². The Labute approximate surface area is 208 Å². The zero-order valence-electron chi connectivity index (χ0n) is 20.3. The number of nitrogens with two attached hydrogens (primary N) is 1. The first-order valence-electron chi connectivity index (χ1n) is 11.5. The van der Waals surface area contributed by atoms with Gasteiger partial charge in [0.1, 0.15) is 23.2 Å². The number of hydrogen-bond donors (Lipinski definition) is 1. The predicted molar refractivity (Wildman–Crippen MR) is 129 cm³/mol. The summed E-state index contributed by atoms with van der Waals surface area (Å²) < 4.78 is 7.11. The number of nitrogens with zero attached hydrogens (tertiary/aromatic N) is 6. The van der Waals surface area contributed by atoms with Crippen LogP contribution in [0.25, 0.3) is 0 Å². The molecule has 1 aromatic heterocycles. The quantitative estimate of drug-likeness (QED) is 0.490. The van der Waals surface area contributed by atoms with Crippen molar-refractivity contribution in [2.45, 2.75) is 45.6 Å². The molecule has 2 N–H and O–H groups in total. The van der Waals surface area contributed by atoms with Gasteiger partial charge in [-0.3, -0.25) is 14.8 Å². The fourth-order valence-corrected chi connectivity index (χ4v) is 5.63. The van der Waals surface area contributed by atoms with Gasteiger partial charge >= 0.3 is 5.69 Å². The Morgan fingerprint density at radius 3 is 2.61 bits per heavy atom. The van der Waals surface area contributed by atoms with Gasteiger partial charge in [0.2, 0.25) is 0 Å². The lowest BCUT2D eigenvalue weighted by atomic mass is 9.56. The van der Waals surface area contributed by atoms with Gasteiger partial charge in [-0.05, 0) is 62.3 Å². The van der Waals surface area contributed by atoms with Crippen LogP contribution in [0, 0.1) is 69.3 Å². The molecule has 0 fully saturated rings. The average molecular weight is 484 g/mol. The molecule has 2 atom stereocenters. The SMILES string of the molecule is COc1ccc([C@@H]2[C@H]3CCCC=C3C(C#N)=C(N)C2(C#N)C#N)cc1Cn1nc(C)c([N+](=O)[O-])c1C. The molecular formula is C26H25N7O3. The number of fused-ring (bicyclic) bond motifs is 1. The van der Waals surface area contributed by atoms with Gasteiger partial charge < -0.3 is 10.5 Å². The molecule has 0 saturated carbocycles. The van der Waals surface area contributed by atoms with Gasteiger partial charge in [-0.1, -0.05) is 12.1 Å². The maximum Gasteiger partial charge on any atom is 0.312 e. The van der Waals surface area contributed by atoms with Crippen LogP contribution in [0.2, 0.25) is 0 Å². The number of benzene rings is 1. The number of ether oxygens (including phenoxy) is 1. The highest BCUT2D eigenvalue weighted by Crippen LogP contribution is 2.56. The van der Waals surface area contributed by atoms with Crippen LogP contribution in [0.3, 0.4) is 0 Å². The summed E-state index contributed by atoms with van der Waals surface area (Å²) in [5, 5.41) is 46.2. The first-order valence-corrected chi connectivity index (χ1v) is 11.5. The van der Waals surface area contributed by atoms with E-state index in [0.29, 0.717) is 34.7 Å². The summed E-state index contributed by atoms with van der Waals surface area (Å²) in [5.41, 5.74) is 7.75. The molecule has 36 heavy (non-hydrogen) atoms. The molecule has 182 valence electrons. The van der Waals surface area contributed by atoms with Crippen molar-refractivity contribution < 1.29 is 9.66 Å². The van der Waals surface area contributed by atoms with Gasteiger partial charge in [0, 0.05) is 11.5 Å². The summed E-state index contributed by atoms with van der Waals surface area (Å²) in [5.74, 6) is -0.281. The van der Waals surface area contributed by atoms with Gasteiger partial charge in [-0.15, -0.1) is 0 Å². The Hall–Kier alpha value is -4.62. The molecule has 10 heteroatoms. The van der Waals surface area contributed by atoms with E-state index in [1.807, 2.05) is 18.2 Å². The maximum atomic E-state index is 11.5. The first-order chi connectivity index (χ1) is 17.2. The monoisotopic (exact) mass is 483 g/mol. The fraction of sp³-hybridized carbons (Fsp3) is 0.385. The zero-order valence-corrected chi connectivity index (χ0v) is 20.3. The van der Waals surface area contributed by atoms with Gasteiger partial charge in [0.15, 0.2) is 5.41 Å². The van der Waals surface area contributed by atoms with Gasteiger partial charge in [0.25, 0.3) is 0 Å². The summed E-state index contributed by atoms with van der Waals surface area (Å²) in [6, 6.07) is 11.9. The molecule has 0 aliphatic heterocycles. The van der Waals surface area contributed by atoms with Crippen molar-refractivity contribution in [1.29, 1.82) is 15.8 Å². The first kappa shape index (κ1) is 24.5. The number of allylic oxidation sites excluding steroid dienone is 4. The number of rotatable bonds is 5. The van der Waals surface area contributed by atoms with E-state index in [9.17, 15) is 25.9 Å². The summed E-state index contributed by atoms with van der Waals surface area (Å²) in [6.45, 7) is 3.42. The summed E-state index contributed by atoms with van der Waals surface area (Å²) in [4.78, 5) is 11.0. The minimum Gasteiger partial charge on any atom is -0.496 e. The Morgan fingerprint density at radius 1 is 1.31 bits per heavy atom. The number of hydrogen-bond acceptors (Lipinski definition) is 8. The molecule has 2 aliphatic rings. The lowest BCUT2D eigenvalue weighted by molar-refractivity contribution is -0.386. The van der Waals surface area contributed by atoms with Crippen molar-refractivity contribution in [2.24, 2.45) is 17.1 Å². The van der Waals surface area contributed by atoms with Crippen molar-refractivity contribution in [1.82, 2.24) is 9.78 Å². The molecule has 0 bridgehead atoms. The van der Waals surface area contributed by atoms with Gasteiger partial charge in [0.05, 0.1) is 42.0 Å². The largest absolute Gasteiger partial charge is 0.496 e. The second-order valence-electron chi connectivity index (χ2n) is 9.11. The van der Waals surface area contributed by atoms with Crippen LogP contribution in [0.15, 0.2) is 41.1 Å². The molecule has 0 saturated heterocycles. The molecule has 1 heterocycles. The third kappa shape index (κ3) is 3.57. The molecule has 2 aromatic rings. The van der Waals surface area contributed by atoms with E-state index in [-0.39, 0.29) is 29.4 Å². The summed E-state index contributed by atoms with van der Waals surface area (Å²) in [6.07, 6.45) is 4.37. The Bertz CT molecular complexity index is 1430. The Balaban J connectivity index is 1.89. The maximum absolute atomic E-state index is 11.5. The minimum atomic E-state index is -1.72. The number of nitriles is 3. The number of aryl methyl sites for hydroxylation is 1. The van der Waals surface area contributed by atoms with E-state index in [0.717, 1.165) is 18.4 Å². The zero-order chi connectivity index (χ0) is 26.2. The van der Waals surface area contributed by atoms with Crippen molar-refractivity contribution in [2.75, 3.05) is 7.11 Å². The van der Waals surface area contributed by atoms with E-state index in [1.165, 1.54) is 7.11 Å². The lowest BCUT2D eigenvalue weighted by Gasteiger charge is -2.43. The van der Waals surface area contributed by atoms with Gasteiger partial charge in [-0.25, -0.2) is 0 Å². The van der Waals surface area contributed by atoms with E-state index in [4.69, 9.17) is 10.5 Å². The number of methoxy groups -OCH3 is 1. The molecule has 0 radical (unpaired) electrons. The average Bonchev–Trinajstić information content (AvgIpc) is 3.15. The highest BCUT2D eigenvalue weighted by molar-refractivity contribution is 5.59. The van der Waals surface area contributed by atoms with Crippen molar-refractivity contribution in [3.05, 3.63) is 73.7 Å². The van der Waals surface area contributed by atoms with Crippen LogP contribution in [0.5, 0.6) is 5.75 Å². The second-order valence-corrected chi connectivity index (χ2v) is 9.11. The van der Waals surface area contributed by atoms with Crippen LogP contribution in [-0.2, 0) is 6.54 Å². The predicted octanol–water partition coefficient (Wildman–Crippen LogP) is 4.06. The topological polar surface area (TPSA) is 168 Å². The molecular weight excluding hydrogens is 458 g/mol. The molecule has 4 rings (SSSR count). The third-order valence-electron chi connectivity index (χ3n) is 7.31. The highest BCUT2D eigenvalue weighted by atomic mass is 16.6. The minimum absolute atomic E-state index is 0.0176. The van der Waals surface area contributed by atoms with Crippen molar-refractivity contribution in [3.63, 3.8) is 0 Å². The van der Waals surface area contributed by atoms with Crippen LogP contribution >= 0.6 is 0 Å². The number of aromatic nitrogens is 2. The van der Waals surface area contributed by atoms with Crippen molar-refractivity contribution in [3.8, 4) is 24.0 Å². The fourth-order valence-electron chi connectivity index (χ4n) is 5.63. The summed E-state index contributed by atoms with van der Waals surface area (Å²) in [7, 11) is 1.53. The second kappa shape index (κ2) is 9.20. The van der Waals surface area contributed by atoms with Crippen LogP contribution in [0.4, 0.5) is 5.69 Å². The van der Waals surface area contributed by atoms with E-state index in [2.05, 4.69) is 23.3 Å². The number of nitro groups is 1. The summed E-state index contributed by atoms with van der Waals surface area (Å²) >= 11 is 0.